The molecule has 0 aliphatic heterocycles. The number of amides is 2. The van der Waals surface area contributed by atoms with Crippen molar-refractivity contribution >= 4 is 52.5 Å². The van der Waals surface area contributed by atoms with Crippen LogP contribution < -0.4 is 10.6 Å². The third-order valence-corrected chi connectivity index (χ3v) is 6.34. The van der Waals surface area contributed by atoms with Gasteiger partial charge >= 0.3 is 0 Å². The topological polar surface area (TPSA) is 88.9 Å². The minimum absolute atomic E-state index is 0.113. The SMILES string of the molecule is Cc1cc(C)cc(NC(=O)CSc2nnc(CCNC(=O)c3ccc(Cl)c(Cl)c3)n2C)c1. The van der Waals surface area contributed by atoms with Gasteiger partial charge in [0.2, 0.25) is 5.91 Å². The Bertz CT molecular complexity index is 1130. The Morgan fingerprint density at radius 2 is 1.75 bits per heavy atom. The molecule has 0 saturated heterocycles. The summed E-state index contributed by atoms with van der Waals surface area (Å²) in [5, 5.41) is 15.4. The Labute approximate surface area is 200 Å². The molecule has 0 bridgehead atoms. The van der Waals surface area contributed by atoms with E-state index in [1.807, 2.05) is 37.6 Å². The van der Waals surface area contributed by atoms with E-state index in [4.69, 9.17) is 23.2 Å². The Hall–Kier alpha value is -2.55. The molecule has 2 amide bonds. The molecule has 168 valence electrons. The molecule has 3 rings (SSSR count). The van der Waals surface area contributed by atoms with Gasteiger partial charge in [-0.15, -0.1) is 10.2 Å². The molecule has 0 fully saturated rings. The number of hydrogen-bond donors (Lipinski definition) is 2. The van der Waals surface area contributed by atoms with Crippen LogP contribution in [0.5, 0.6) is 0 Å². The number of nitrogens with one attached hydrogen (secondary N) is 2. The van der Waals surface area contributed by atoms with E-state index in [9.17, 15) is 9.59 Å². The lowest BCUT2D eigenvalue weighted by Gasteiger charge is -2.08. The molecule has 2 N–H and O–H groups in total. The van der Waals surface area contributed by atoms with Gasteiger partial charge in [0, 0.05) is 31.3 Å². The van der Waals surface area contributed by atoms with Crippen molar-refractivity contribution in [2.75, 3.05) is 17.6 Å². The van der Waals surface area contributed by atoms with Crippen LogP contribution in [0.2, 0.25) is 10.0 Å². The number of aryl methyl sites for hydroxylation is 2. The molecule has 1 aromatic heterocycles. The molecule has 0 atom stereocenters. The molecule has 0 unspecified atom stereocenters. The van der Waals surface area contributed by atoms with Gasteiger partial charge in [-0.2, -0.15) is 0 Å². The molecule has 0 saturated carbocycles. The van der Waals surface area contributed by atoms with E-state index in [1.165, 1.54) is 17.8 Å². The summed E-state index contributed by atoms with van der Waals surface area (Å²) in [5.41, 5.74) is 3.40. The lowest BCUT2D eigenvalue weighted by Crippen LogP contribution is -2.26. The number of thioether (sulfide) groups is 1. The molecule has 32 heavy (non-hydrogen) atoms. The predicted octanol–water partition coefficient (Wildman–Crippen LogP) is 4.44. The van der Waals surface area contributed by atoms with Crippen molar-refractivity contribution in [3.8, 4) is 0 Å². The van der Waals surface area contributed by atoms with E-state index in [0.29, 0.717) is 39.6 Å². The van der Waals surface area contributed by atoms with Gasteiger partial charge in [-0.3, -0.25) is 9.59 Å². The number of carbonyl (C=O) groups excluding carboxylic acids is 2. The normalized spacial score (nSPS) is 10.8. The van der Waals surface area contributed by atoms with Crippen LogP contribution in [0.25, 0.3) is 0 Å². The van der Waals surface area contributed by atoms with E-state index in [0.717, 1.165) is 16.8 Å². The van der Waals surface area contributed by atoms with Crippen LogP contribution in [-0.4, -0.2) is 38.9 Å². The lowest BCUT2D eigenvalue weighted by atomic mass is 10.1. The number of aromatic nitrogens is 3. The first-order chi connectivity index (χ1) is 15.2. The molecular weight excluding hydrogens is 469 g/mol. The zero-order valence-corrected chi connectivity index (χ0v) is 20.2. The monoisotopic (exact) mass is 491 g/mol. The summed E-state index contributed by atoms with van der Waals surface area (Å²) in [6.45, 7) is 4.36. The van der Waals surface area contributed by atoms with Crippen LogP contribution in [-0.2, 0) is 18.3 Å². The Balaban J connectivity index is 1.48. The van der Waals surface area contributed by atoms with E-state index in [1.54, 1.807) is 12.1 Å². The quantitative estimate of drug-likeness (QED) is 0.454. The second kappa shape index (κ2) is 10.8. The molecule has 0 spiro atoms. The number of carbonyl (C=O) groups is 2. The van der Waals surface area contributed by atoms with E-state index in [-0.39, 0.29) is 17.6 Å². The second-order valence-electron chi connectivity index (χ2n) is 7.31. The summed E-state index contributed by atoms with van der Waals surface area (Å²) in [4.78, 5) is 24.6. The van der Waals surface area contributed by atoms with Crippen LogP contribution in [0.1, 0.15) is 27.3 Å². The minimum atomic E-state index is -0.247. The summed E-state index contributed by atoms with van der Waals surface area (Å²) < 4.78 is 1.82. The standard InChI is InChI=1S/C22H23Cl2N5O2S/c1-13-8-14(2)10-16(9-13)26-20(30)12-32-22-28-27-19(29(22)3)6-7-25-21(31)15-4-5-17(23)18(24)11-15/h4-5,8-11H,6-7,12H2,1-3H3,(H,25,31)(H,26,30). The molecule has 0 aliphatic rings. The van der Waals surface area contributed by atoms with Crippen molar-refractivity contribution in [3.63, 3.8) is 0 Å². The third kappa shape index (κ3) is 6.48. The second-order valence-corrected chi connectivity index (χ2v) is 9.06. The van der Waals surface area contributed by atoms with E-state index in [2.05, 4.69) is 26.9 Å². The van der Waals surface area contributed by atoms with Crippen molar-refractivity contribution in [2.45, 2.75) is 25.4 Å². The lowest BCUT2D eigenvalue weighted by molar-refractivity contribution is -0.113. The highest BCUT2D eigenvalue weighted by molar-refractivity contribution is 7.99. The third-order valence-electron chi connectivity index (χ3n) is 4.58. The summed E-state index contributed by atoms with van der Waals surface area (Å²) >= 11 is 13.1. The van der Waals surface area contributed by atoms with Crippen molar-refractivity contribution in [3.05, 3.63) is 69.0 Å². The number of anilines is 1. The Kier molecular flexibility index (Phi) is 8.17. The van der Waals surface area contributed by atoms with Gasteiger partial charge in [0.15, 0.2) is 5.16 Å². The molecule has 10 heteroatoms. The number of halogens is 2. The Morgan fingerprint density at radius 3 is 2.44 bits per heavy atom. The maximum absolute atomic E-state index is 12.3. The molecule has 1 heterocycles. The average molecular weight is 492 g/mol. The molecule has 0 radical (unpaired) electrons. The molecule has 0 aliphatic carbocycles. The minimum Gasteiger partial charge on any atom is -0.352 e. The van der Waals surface area contributed by atoms with Crippen LogP contribution in [0.3, 0.4) is 0 Å². The van der Waals surface area contributed by atoms with Gasteiger partial charge in [-0.05, 0) is 55.3 Å². The summed E-state index contributed by atoms with van der Waals surface area (Å²) in [6.07, 6.45) is 0.492. The van der Waals surface area contributed by atoms with Crippen molar-refractivity contribution in [2.24, 2.45) is 7.05 Å². The average Bonchev–Trinajstić information content (AvgIpc) is 3.07. The Morgan fingerprint density at radius 1 is 1.03 bits per heavy atom. The van der Waals surface area contributed by atoms with Crippen LogP contribution in [0.15, 0.2) is 41.6 Å². The number of nitrogens with zero attached hydrogens (tertiary/aromatic N) is 3. The van der Waals surface area contributed by atoms with E-state index >= 15 is 0 Å². The predicted molar refractivity (Wildman–Crippen MR) is 129 cm³/mol. The van der Waals surface area contributed by atoms with Crippen molar-refractivity contribution in [1.29, 1.82) is 0 Å². The van der Waals surface area contributed by atoms with Gasteiger partial charge in [-0.1, -0.05) is 41.0 Å². The zero-order chi connectivity index (χ0) is 23.3. The van der Waals surface area contributed by atoms with Crippen molar-refractivity contribution in [1.82, 2.24) is 20.1 Å². The largest absolute Gasteiger partial charge is 0.352 e. The number of rotatable bonds is 8. The summed E-state index contributed by atoms with van der Waals surface area (Å²) in [6, 6.07) is 10.6. The fourth-order valence-electron chi connectivity index (χ4n) is 3.09. The maximum atomic E-state index is 12.3. The first-order valence-corrected chi connectivity index (χ1v) is 11.6. The zero-order valence-electron chi connectivity index (χ0n) is 17.9. The first kappa shape index (κ1) is 24.1. The van der Waals surface area contributed by atoms with E-state index < -0.39 is 0 Å². The number of benzene rings is 2. The van der Waals surface area contributed by atoms with Gasteiger partial charge in [-0.25, -0.2) is 0 Å². The highest BCUT2D eigenvalue weighted by Crippen LogP contribution is 2.22. The fourth-order valence-corrected chi connectivity index (χ4v) is 4.12. The first-order valence-electron chi connectivity index (χ1n) is 9.85. The molecule has 3 aromatic rings. The van der Waals surface area contributed by atoms with Gasteiger partial charge in [0.1, 0.15) is 5.82 Å². The molecule has 2 aromatic carbocycles. The maximum Gasteiger partial charge on any atom is 0.251 e. The van der Waals surface area contributed by atoms with Gasteiger partial charge in [0.25, 0.3) is 5.91 Å². The highest BCUT2D eigenvalue weighted by atomic mass is 35.5. The molecular formula is C22H23Cl2N5O2S. The van der Waals surface area contributed by atoms with Gasteiger partial charge in [0.05, 0.1) is 15.8 Å². The molecule has 7 nitrogen and oxygen atoms in total. The van der Waals surface area contributed by atoms with Crippen LogP contribution in [0.4, 0.5) is 5.69 Å². The van der Waals surface area contributed by atoms with Crippen LogP contribution >= 0.6 is 35.0 Å². The van der Waals surface area contributed by atoms with Crippen LogP contribution in [0, 0.1) is 13.8 Å². The van der Waals surface area contributed by atoms with Gasteiger partial charge < -0.3 is 15.2 Å². The number of hydrogen-bond acceptors (Lipinski definition) is 5. The fraction of sp³-hybridized carbons (Fsp3) is 0.273. The highest BCUT2D eigenvalue weighted by Gasteiger charge is 2.13. The van der Waals surface area contributed by atoms with Crippen molar-refractivity contribution < 1.29 is 9.59 Å². The summed E-state index contributed by atoms with van der Waals surface area (Å²) in [5.74, 6) is 0.561. The smallest absolute Gasteiger partial charge is 0.251 e. The summed E-state index contributed by atoms with van der Waals surface area (Å²) in [7, 11) is 1.83.